The Bertz CT molecular complexity index is 467. The monoisotopic (exact) mass is 291 g/mol. The number of rotatable bonds is 4. The molecule has 1 aromatic rings. The van der Waals surface area contributed by atoms with Gasteiger partial charge in [0.25, 0.3) is 0 Å². The SMILES string of the molecule is OCC1(NCc2cc(F)cc(C(F)(F)F)c2)CCCC1. The van der Waals surface area contributed by atoms with E-state index in [0.717, 1.165) is 37.8 Å². The molecule has 0 atom stereocenters. The smallest absolute Gasteiger partial charge is 0.394 e. The molecule has 112 valence electrons. The van der Waals surface area contributed by atoms with Gasteiger partial charge < -0.3 is 10.4 Å². The van der Waals surface area contributed by atoms with Gasteiger partial charge in [-0.2, -0.15) is 13.2 Å². The van der Waals surface area contributed by atoms with Crippen molar-refractivity contribution in [1.29, 1.82) is 0 Å². The average molecular weight is 291 g/mol. The molecule has 0 saturated heterocycles. The summed E-state index contributed by atoms with van der Waals surface area (Å²) in [6.07, 6.45) is -1.04. The van der Waals surface area contributed by atoms with Crippen LogP contribution in [-0.2, 0) is 12.7 Å². The van der Waals surface area contributed by atoms with Crippen molar-refractivity contribution in [2.75, 3.05) is 6.61 Å². The van der Waals surface area contributed by atoms with Crippen molar-refractivity contribution in [3.8, 4) is 0 Å². The van der Waals surface area contributed by atoms with Gasteiger partial charge in [-0.3, -0.25) is 0 Å². The zero-order chi connectivity index (χ0) is 14.8. The van der Waals surface area contributed by atoms with Crippen LogP contribution < -0.4 is 5.32 Å². The van der Waals surface area contributed by atoms with Gasteiger partial charge in [0.2, 0.25) is 0 Å². The quantitative estimate of drug-likeness (QED) is 0.835. The average Bonchev–Trinajstić information content (AvgIpc) is 2.84. The van der Waals surface area contributed by atoms with E-state index in [-0.39, 0.29) is 18.7 Å². The lowest BCUT2D eigenvalue weighted by Crippen LogP contribution is -2.45. The molecule has 1 fully saturated rings. The molecule has 0 aliphatic heterocycles. The van der Waals surface area contributed by atoms with Crippen molar-refractivity contribution in [2.24, 2.45) is 0 Å². The van der Waals surface area contributed by atoms with Gasteiger partial charge in [-0.1, -0.05) is 12.8 Å². The van der Waals surface area contributed by atoms with Crippen LogP contribution in [-0.4, -0.2) is 17.3 Å². The first-order valence-corrected chi connectivity index (χ1v) is 6.57. The summed E-state index contributed by atoms with van der Waals surface area (Å²) in [6.45, 7) is 0.0514. The molecule has 1 aliphatic carbocycles. The molecule has 0 unspecified atom stereocenters. The van der Waals surface area contributed by atoms with Crippen LogP contribution in [0, 0.1) is 5.82 Å². The molecular weight excluding hydrogens is 274 g/mol. The lowest BCUT2D eigenvalue weighted by molar-refractivity contribution is -0.137. The molecule has 20 heavy (non-hydrogen) atoms. The Morgan fingerprint density at radius 1 is 1.15 bits per heavy atom. The minimum atomic E-state index is -4.56. The minimum absolute atomic E-state index is 0.0611. The van der Waals surface area contributed by atoms with Crippen LogP contribution in [0.25, 0.3) is 0 Å². The third-order valence-electron chi connectivity index (χ3n) is 3.82. The molecule has 1 saturated carbocycles. The highest BCUT2D eigenvalue weighted by atomic mass is 19.4. The summed E-state index contributed by atoms with van der Waals surface area (Å²) in [6, 6.07) is 2.51. The van der Waals surface area contributed by atoms with Crippen LogP contribution in [0.3, 0.4) is 0 Å². The first-order valence-electron chi connectivity index (χ1n) is 6.57. The molecule has 0 spiro atoms. The maximum absolute atomic E-state index is 13.3. The van der Waals surface area contributed by atoms with Gasteiger partial charge in [-0.05, 0) is 36.6 Å². The molecule has 0 bridgehead atoms. The summed E-state index contributed by atoms with van der Waals surface area (Å²) >= 11 is 0. The number of hydrogen-bond acceptors (Lipinski definition) is 2. The van der Waals surface area contributed by atoms with Crippen LogP contribution >= 0.6 is 0 Å². The Morgan fingerprint density at radius 2 is 1.80 bits per heavy atom. The third-order valence-corrected chi connectivity index (χ3v) is 3.82. The molecule has 6 heteroatoms. The fourth-order valence-corrected chi connectivity index (χ4v) is 2.65. The topological polar surface area (TPSA) is 32.3 Å². The largest absolute Gasteiger partial charge is 0.416 e. The molecule has 0 aromatic heterocycles. The maximum atomic E-state index is 13.3. The highest BCUT2D eigenvalue weighted by Crippen LogP contribution is 2.32. The Hall–Kier alpha value is -1.14. The second kappa shape index (κ2) is 5.69. The van der Waals surface area contributed by atoms with Crippen LogP contribution in [0.4, 0.5) is 17.6 Å². The van der Waals surface area contributed by atoms with Crippen molar-refractivity contribution >= 4 is 0 Å². The first-order chi connectivity index (χ1) is 9.35. The maximum Gasteiger partial charge on any atom is 0.416 e. The molecule has 2 nitrogen and oxygen atoms in total. The molecule has 1 aromatic carbocycles. The van der Waals surface area contributed by atoms with Crippen LogP contribution in [0.1, 0.15) is 36.8 Å². The van der Waals surface area contributed by atoms with Crippen molar-refractivity contribution in [3.05, 3.63) is 35.1 Å². The fraction of sp³-hybridized carbons (Fsp3) is 0.571. The van der Waals surface area contributed by atoms with Crippen LogP contribution in [0.5, 0.6) is 0 Å². The lowest BCUT2D eigenvalue weighted by Gasteiger charge is -2.28. The predicted octanol–water partition coefficient (Wildman–Crippen LogP) is 3.24. The Labute approximate surface area is 114 Å². The molecule has 0 radical (unpaired) electrons. The third kappa shape index (κ3) is 3.49. The van der Waals surface area contributed by atoms with E-state index in [4.69, 9.17) is 0 Å². The highest BCUT2D eigenvalue weighted by Gasteiger charge is 2.33. The zero-order valence-corrected chi connectivity index (χ0v) is 10.9. The normalized spacial score (nSPS) is 18.4. The highest BCUT2D eigenvalue weighted by molar-refractivity contribution is 5.27. The molecule has 1 aliphatic rings. The lowest BCUT2D eigenvalue weighted by atomic mass is 9.98. The summed E-state index contributed by atoms with van der Waals surface area (Å²) in [5.41, 5.74) is -1.19. The summed E-state index contributed by atoms with van der Waals surface area (Å²) < 4.78 is 51.1. The van der Waals surface area contributed by atoms with E-state index in [0.29, 0.717) is 6.07 Å². The summed E-state index contributed by atoms with van der Waals surface area (Å²) in [4.78, 5) is 0. The molecule has 2 N–H and O–H groups in total. The fourth-order valence-electron chi connectivity index (χ4n) is 2.65. The van der Waals surface area contributed by atoms with E-state index in [9.17, 15) is 22.7 Å². The van der Waals surface area contributed by atoms with Gasteiger partial charge in [0.05, 0.1) is 12.2 Å². The van der Waals surface area contributed by atoms with E-state index in [2.05, 4.69) is 5.32 Å². The Kier molecular flexibility index (Phi) is 4.34. The number of alkyl halides is 3. The van der Waals surface area contributed by atoms with E-state index in [1.165, 1.54) is 0 Å². The Morgan fingerprint density at radius 3 is 2.35 bits per heavy atom. The van der Waals surface area contributed by atoms with E-state index >= 15 is 0 Å². The van der Waals surface area contributed by atoms with Crippen molar-refractivity contribution < 1.29 is 22.7 Å². The zero-order valence-electron chi connectivity index (χ0n) is 10.9. The van der Waals surface area contributed by atoms with Gasteiger partial charge in [0.1, 0.15) is 5.82 Å². The second-order valence-corrected chi connectivity index (χ2v) is 5.35. The van der Waals surface area contributed by atoms with Crippen molar-refractivity contribution in [3.63, 3.8) is 0 Å². The summed E-state index contributed by atoms with van der Waals surface area (Å²) in [7, 11) is 0. The predicted molar refractivity (Wildman–Crippen MR) is 66.5 cm³/mol. The molecular formula is C14H17F4NO. The van der Waals surface area contributed by atoms with E-state index < -0.39 is 23.1 Å². The molecule has 2 rings (SSSR count). The summed E-state index contributed by atoms with van der Waals surface area (Å²) in [5, 5.41) is 12.5. The second-order valence-electron chi connectivity index (χ2n) is 5.35. The first kappa shape index (κ1) is 15.3. The van der Waals surface area contributed by atoms with Crippen molar-refractivity contribution in [2.45, 2.75) is 43.9 Å². The number of nitrogens with one attached hydrogen (secondary N) is 1. The van der Waals surface area contributed by atoms with E-state index in [1.807, 2.05) is 0 Å². The van der Waals surface area contributed by atoms with Crippen molar-refractivity contribution in [1.82, 2.24) is 5.32 Å². The Balaban J connectivity index is 2.11. The van der Waals surface area contributed by atoms with Gasteiger partial charge >= 0.3 is 6.18 Å². The van der Waals surface area contributed by atoms with E-state index in [1.54, 1.807) is 0 Å². The standard InChI is InChI=1S/C14H17F4NO/c15-12-6-10(5-11(7-12)14(16,17)18)8-19-13(9-20)3-1-2-4-13/h5-7,19-20H,1-4,8-9H2. The number of benzene rings is 1. The molecule has 0 amide bonds. The number of hydrogen-bond donors (Lipinski definition) is 2. The van der Waals surface area contributed by atoms with Crippen LogP contribution in [0.2, 0.25) is 0 Å². The minimum Gasteiger partial charge on any atom is -0.394 e. The molecule has 0 heterocycles. The van der Waals surface area contributed by atoms with Gasteiger partial charge in [0.15, 0.2) is 0 Å². The van der Waals surface area contributed by atoms with Gasteiger partial charge in [-0.25, -0.2) is 4.39 Å². The van der Waals surface area contributed by atoms with Gasteiger partial charge in [0, 0.05) is 12.1 Å². The van der Waals surface area contributed by atoms with Crippen LogP contribution in [0.15, 0.2) is 18.2 Å². The number of aliphatic hydroxyl groups excluding tert-OH is 1. The number of halogens is 4. The van der Waals surface area contributed by atoms with Gasteiger partial charge in [-0.15, -0.1) is 0 Å². The summed E-state index contributed by atoms with van der Waals surface area (Å²) in [5.74, 6) is -0.902. The number of aliphatic hydroxyl groups is 1.